The minimum atomic E-state index is -3.69. The minimum absolute atomic E-state index is 0.0462. The van der Waals surface area contributed by atoms with Crippen molar-refractivity contribution in [3.05, 3.63) is 23.2 Å². The molecule has 1 aromatic rings. The van der Waals surface area contributed by atoms with Crippen LogP contribution in [0.2, 0.25) is 5.02 Å². The zero-order valence-electron chi connectivity index (χ0n) is 10.1. The van der Waals surface area contributed by atoms with Gasteiger partial charge < -0.3 is 10.8 Å². The van der Waals surface area contributed by atoms with Gasteiger partial charge >= 0.3 is 0 Å². The standard InChI is InChI=1S/C11H17ClN2O3S/c1-2-9(15)5-6-14-18(16,17)11-7-8(13)3-4-10(11)12/h3-4,7,9,14-15H,2,5-6,13H2,1H3. The summed E-state index contributed by atoms with van der Waals surface area (Å²) < 4.78 is 26.3. The molecule has 0 aliphatic rings. The van der Waals surface area contributed by atoms with E-state index in [1.807, 2.05) is 6.92 Å². The predicted molar refractivity (Wildman–Crippen MR) is 72.0 cm³/mol. The predicted octanol–water partition coefficient (Wildman–Crippen LogP) is 1.36. The van der Waals surface area contributed by atoms with Crippen molar-refractivity contribution in [2.75, 3.05) is 12.3 Å². The zero-order valence-corrected chi connectivity index (χ0v) is 11.6. The van der Waals surface area contributed by atoms with Gasteiger partial charge in [-0.25, -0.2) is 13.1 Å². The zero-order chi connectivity index (χ0) is 13.8. The third-order valence-electron chi connectivity index (χ3n) is 2.49. The largest absolute Gasteiger partial charge is 0.399 e. The highest BCUT2D eigenvalue weighted by atomic mass is 35.5. The fraction of sp³-hybridized carbons (Fsp3) is 0.455. The Morgan fingerprint density at radius 2 is 2.17 bits per heavy atom. The summed E-state index contributed by atoms with van der Waals surface area (Å²) in [5, 5.41) is 9.46. The van der Waals surface area contributed by atoms with Gasteiger partial charge in [0.05, 0.1) is 11.1 Å². The first-order chi connectivity index (χ1) is 8.36. The average molecular weight is 293 g/mol. The summed E-state index contributed by atoms with van der Waals surface area (Å²) in [7, 11) is -3.69. The van der Waals surface area contributed by atoms with Crippen LogP contribution in [0.1, 0.15) is 19.8 Å². The maximum atomic E-state index is 11.9. The van der Waals surface area contributed by atoms with Gasteiger partial charge in [-0.05, 0) is 31.0 Å². The molecular formula is C11H17ClN2O3S. The maximum Gasteiger partial charge on any atom is 0.242 e. The van der Waals surface area contributed by atoms with Crippen LogP contribution in [-0.4, -0.2) is 26.2 Å². The van der Waals surface area contributed by atoms with Crippen molar-refractivity contribution in [3.8, 4) is 0 Å². The Labute approximate surface area is 112 Å². The molecule has 0 amide bonds. The van der Waals surface area contributed by atoms with Crippen LogP contribution in [0.5, 0.6) is 0 Å². The van der Waals surface area contributed by atoms with Gasteiger partial charge in [-0.15, -0.1) is 0 Å². The van der Waals surface area contributed by atoms with Gasteiger partial charge in [0.15, 0.2) is 0 Å². The van der Waals surface area contributed by atoms with Gasteiger partial charge in [0.25, 0.3) is 0 Å². The molecule has 0 saturated carbocycles. The molecule has 5 nitrogen and oxygen atoms in total. The van der Waals surface area contributed by atoms with E-state index in [2.05, 4.69) is 4.72 Å². The molecule has 1 aromatic carbocycles. The van der Waals surface area contributed by atoms with Crippen molar-refractivity contribution in [1.82, 2.24) is 4.72 Å². The number of aliphatic hydroxyl groups excluding tert-OH is 1. The van der Waals surface area contributed by atoms with Gasteiger partial charge in [0.2, 0.25) is 10.0 Å². The van der Waals surface area contributed by atoms with Gasteiger partial charge in [0.1, 0.15) is 4.90 Å². The third-order valence-corrected chi connectivity index (χ3v) is 4.43. The smallest absolute Gasteiger partial charge is 0.242 e. The number of nitrogens with two attached hydrogens (primary N) is 1. The molecule has 102 valence electrons. The van der Waals surface area contributed by atoms with Crippen LogP contribution in [0.25, 0.3) is 0 Å². The normalized spacial score (nSPS) is 13.5. The third kappa shape index (κ3) is 4.13. The molecule has 0 heterocycles. The van der Waals surface area contributed by atoms with E-state index in [1.54, 1.807) is 0 Å². The van der Waals surface area contributed by atoms with Gasteiger partial charge in [-0.3, -0.25) is 0 Å². The number of aliphatic hydroxyl groups is 1. The number of halogens is 1. The lowest BCUT2D eigenvalue weighted by atomic mass is 10.2. The molecule has 4 N–H and O–H groups in total. The molecule has 0 aromatic heterocycles. The molecule has 0 radical (unpaired) electrons. The molecule has 1 unspecified atom stereocenters. The Hall–Kier alpha value is -0.820. The maximum absolute atomic E-state index is 11.9. The van der Waals surface area contributed by atoms with Crippen LogP contribution in [0.15, 0.2) is 23.1 Å². The fourth-order valence-corrected chi connectivity index (χ4v) is 2.95. The Morgan fingerprint density at radius 3 is 2.78 bits per heavy atom. The van der Waals surface area contributed by atoms with Gasteiger partial charge in [-0.2, -0.15) is 0 Å². The summed E-state index contributed by atoms with van der Waals surface area (Å²) in [6.07, 6.45) is 0.431. The summed E-state index contributed by atoms with van der Waals surface area (Å²) in [4.78, 5) is -0.0462. The number of hydrogen-bond acceptors (Lipinski definition) is 4. The molecular weight excluding hydrogens is 276 g/mol. The first-order valence-electron chi connectivity index (χ1n) is 5.59. The van der Waals surface area contributed by atoms with E-state index >= 15 is 0 Å². The molecule has 0 bridgehead atoms. The Kier molecular flexibility index (Phi) is 5.40. The molecule has 1 rings (SSSR count). The lowest BCUT2D eigenvalue weighted by molar-refractivity contribution is 0.162. The molecule has 0 spiro atoms. The lowest BCUT2D eigenvalue weighted by Crippen LogP contribution is -2.27. The summed E-state index contributed by atoms with van der Waals surface area (Å²) in [6, 6.07) is 4.27. The highest BCUT2D eigenvalue weighted by Crippen LogP contribution is 2.23. The Bertz CT molecular complexity index is 505. The van der Waals surface area contributed by atoms with Crippen LogP contribution in [0.3, 0.4) is 0 Å². The van der Waals surface area contributed by atoms with E-state index < -0.39 is 16.1 Å². The van der Waals surface area contributed by atoms with Crippen LogP contribution in [0, 0.1) is 0 Å². The SMILES string of the molecule is CCC(O)CCNS(=O)(=O)c1cc(N)ccc1Cl. The number of benzene rings is 1. The van der Waals surface area contributed by atoms with Crippen molar-refractivity contribution in [3.63, 3.8) is 0 Å². The number of hydrogen-bond donors (Lipinski definition) is 3. The molecule has 0 saturated heterocycles. The van der Waals surface area contributed by atoms with E-state index in [0.29, 0.717) is 18.5 Å². The van der Waals surface area contributed by atoms with Crippen molar-refractivity contribution in [2.45, 2.75) is 30.8 Å². The first-order valence-corrected chi connectivity index (χ1v) is 7.45. The van der Waals surface area contributed by atoms with Crippen LogP contribution in [0.4, 0.5) is 5.69 Å². The number of nitrogen functional groups attached to an aromatic ring is 1. The van der Waals surface area contributed by atoms with Crippen molar-refractivity contribution in [1.29, 1.82) is 0 Å². The average Bonchev–Trinajstić information content (AvgIpc) is 2.31. The number of nitrogens with one attached hydrogen (secondary N) is 1. The molecule has 0 aliphatic heterocycles. The van der Waals surface area contributed by atoms with Gasteiger partial charge in [-0.1, -0.05) is 18.5 Å². The lowest BCUT2D eigenvalue weighted by Gasteiger charge is -2.11. The second-order valence-corrected chi connectivity index (χ2v) is 6.08. The monoisotopic (exact) mass is 292 g/mol. The minimum Gasteiger partial charge on any atom is -0.399 e. The summed E-state index contributed by atoms with van der Waals surface area (Å²) in [5.74, 6) is 0. The number of sulfonamides is 1. The molecule has 18 heavy (non-hydrogen) atoms. The fourth-order valence-electron chi connectivity index (χ4n) is 1.37. The van der Waals surface area contributed by atoms with Crippen molar-refractivity contribution < 1.29 is 13.5 Å². The van der Waals surface area contributed by atoms with Crippen molar-refractivity contribution >= 4 is 27.3 Å². The molecule has 0 fully saturated rings. The van der Waals surface area contributed by atoms with Crippen LogP contribution in [-0.2, 0) is 10.0 Å². The van der Waals surface area contributed by atoms with Crippen LogP contribution >= 0.6 is 11.6 Å². The highest BCUT2D eigenvalue weighted by molar-refractivity contribution is 7.89. The van der Waals surface area contributed by atoms with Crippen LogP contribution < -0.4 is 10.5 Å². The Balaban J connectivity index is 2.77. The molecule has 0 aliphatic carbocycles. The van der Waals surface area contributed by atoms with Crippen molar-refractivity contribution in [2.24, 2.45) is 0 Å². The van der Waals surface area contributed by atoms with Gasteiger partial charge in [0, 0.05) is 12.2 Å². The summed E-state index contributed by atoms with van der Waals surface area (Å²) in [6.45, 7) is 1.98. The topological polar surface area (TPSA) is 92.4 Å². The summed E-state index contributed by atoms with van der Waals surface area (Å²) in [5.41, 5.74) is 5.86. The van der Waals surface area contributed by atoms with E-state index in [0.717, 1.165) is 0 Å². The van der Waals surface area contributed by atoms with E-state index in [1.165, 1.54) is 18.2 Å². The highest BCUT2D eigenvalue weighted by Gasteiger charge is 2.18. The molecule has 7 heteroatoms. The number of anilines is 1. The van der Waals surface area contributed by atoms with E-state index in [-0.39, 0.29) is 16.5 Å². The number of rotatable bonds is 6. The summed E-state index contributed by atoms with van der Waals surface area (Å²) >= 11 is 5.83. The Morgan fingerprint density at radius 1 is 1.50 bits per heavy atom. The second kappa shape index (κ2) is 6.38. The first kappa shape index (κ1) is 15.2. The molecule has 1 atom stereocenters. The second-order valence-electron chi connectivity index (χ2n) is 3.94. The quantitative estimate of drug-likeness (QED) is 0.690. The van der Waals surface area contributed by atoms with E-state index in [9.17, 15) is 13.5 Å². The van der Waals surface area contributed by atoms with E-state index in [4.69, 9.17) is 17.3 Å².